The van der Waals surface area contributed by atoms with Crippen LogP contribution in [0.25, 0.3) is 0 Å². The van der Waals surface area contributed by atoms with Crippen LogP contribution in [0.15, 0.2) is 22.8 Å². The van der Waals surface area contributed by atoms with E-state index in [0.717, 1.165) is 4.47 Å². The summed E-state index contributed by atoms with van der Waals surface area (Å²) in [6.45, 7) is 5.51. The summed E-state index contributed by atoms with van der Waals surface area (Å²) in [6, 6.07) is 3.61. The highest BCUT2D eigenvalue weighted by molar-refractivity contribution is 9.10. The van der Waals surface area contributed by atoms with E-state index in [4.69, 9.17) is 0 Å². The fourth-order valence-corrected chi connectivity index (χ4v) is 1.50. The molecule has 0 saturated heterocycles. The maximum atomic E-state index is 11.7. The molecule has 3 nitrogen and oxygen atoms in total. The van der Waals surface area contributed by atoms with Crippen LogP contribution in [0.2, 0.25) is 0 Å². The van der Waals surface area contributed by atoms with Crippen molar-refractivity contribution in [3.63, 3.8) is 0 Å². The molecule has 0 aliphatic heterocycles. The summed E-state index contributed by atoms with van der Waals surface area (Å²) in [6.07, 6.45) is 0.871. The first-order valence-corrected chi connectivity index (χ1v) is 5.91. The maximum Gasteiger partial charge on any atom is 0.167 e. The van der Waals surface area contributed by atoms with Crippen molar-refractivity contribution in [1.82, 2.24) is 4.98 Å². The number of carbonyl (C=O) groups is 1. The number of aliphatic hydroxyl groups excluding tert-OH is 1. The molecule has 0 spiro atoms. The Morgan fingerprint density at radius 1 is 1.50 bits per heavy atom. The predicted molar refractivity (Wildman–Crippen MR) is 66.1 cm³/mol. The second-order valence-electron chi connectivity index (χ2n) is 4.88. The minimum absolute atomic E-state index is 0.172. The van der Waals surface area contributed by atoms with Crippen molar-refractivity contribution in [3.8, 4) is 0 Å². The van der Waals surface area contributed by atoms with Crippen LogP contribution < -0.4 is 0 Å². The zero-order valence-electron chi connectivity index (χ0n) is 9.70. The molecule has 0 fully saturated rings. The molecular weight excluding hydrogens is 270 g/mol. The molecule has 0 aliphatic rings. The molecule has 1 heterocycles. The van der Waals surface area contributed by atoms with Crippen LogP contribution in [0.3, 0.4) is 0 Å². The largest absolute Gasteiger partial charge is 0.385 e. The molecule has 4 heteroatoms. The summed E-state index contributed by atoms with van der Waals surface area (Å²) in [7, 11) is 0. The molecule has 0 radical (unpaired) electrons. The number of rotatable bonds is 3. The van der Waals surface area contributed by atoms with Crippen molar-refractivity contribution in [1.29, 1.82) is 0 Å². The fourth-order valence-electron chi connectivity index (χ4n) is 1.27. The van der Waals surface area contributed by atoms with Crippen LogP contribution in [-0.4, -0.2) is 22.0 Å². The van der Waals surface area contributed by atoms with Gasteiger partial charge in [-0.2, -0.15) is 0 Å². The number of ketones is 1. The molecule has 0 amide bonds. The monoisotopic (exact) mass is 285 g/mol. The van der Waals surface area contributed by atoms with Crippen LogP contribution in [-0.2, 0) is 11.2 Å². The van der Waals surface area contributed by atoms with E-state index in [1.165, 1.54) is 0 Å². The average molecular weight is 286 g/mol. The SMILES string of the molecule is CC(C)(C)C(O)C(=O)Cc1ccc(Br)cn1. The van der Waals surface area contributed by atoms with Crippen LogP contribution in [0.5, 0.6) is 0 Å². The van der Waals surface area contributed by atoms with Crippen molar-refractivity contribution < 1.29 is 9.90 Å². The first kappa shape index (κ1) is 13.3. The van der Waals surface area contributed by atoms with Crippen LogP contribution in [0.4, 0.5) is 0 Å². The van der Waals surface area contributed by atoms with E-state index in [2.05, 4.69) is 20.9 Å². The summed E-state index contributed by atoms with van der Waals surface area (Å²) < 4.78 is 0.875. The molecule has 0 saturated carbocycles. The number of pyridine rings is 1. The molecule has 0 bridgehead atoms. The van der Waals surface area contributed by atoms with Crippen molar-refractivity contribution in [2.75, 3.05) is 0 Å². The van der Waals surface area contributed by atoms with E-state index in [9.17, 15) is 9.90 Å². The van der Waals surface area contributed by atoms with E-state index in [1.54, 1.807) is 12.3 Å². The van der Waals surface area contributed by atoms with Crippen molar-refractivity contribution >= 4 is 21.7 Å². The van der Waals surface area contributed by atoms with Gasteiger partial charge in [-0.3, -0.25) is 9.78 Å². The summed E-state index contributed by atoms with van der Waals surface area (Å²) in [5, 5.41) is 9.78. The van der Waals surface area contributed by atoms with Crippen LogP contribution in [0, 0.1) is 5.41 Å². The summed E-state index contributed by atoms with van der Waals surface area (Å²) >= 11 is 3.28. The molecule has 1 aromatic rings. The second kappa shape index (κ2) is 5.06. The normalized spacial score (nSPS) is 13.6. The van der Waals surface area contributed by atoms with Gasteiger partial charge in [-0.1, -0.05) is 20.8 Å². The number of hydrogen-bond acceptors (Lipinski definition) is 3. The number of Topliss-reactive ketones (excluding diaryl/α,β-unsaturated/α-hetero) is 1. The van der Waals surface area contributed by atoms with E-state index >= 15 is 0 Å². The number of hydrogen-bond donors (Lipinski definition) is 1. The van der Waals surface area contributed by atoms with Gasteiger partial charge in [0.2, 0.25) is 0 Å². The number of halogens is 1. The van der Waals surface area contributed by atoms with Crippen LogP contribution in [0.1, 0.15) is 26.5 Å². The summed E-state index contributed by atoms with van der Waals surface area (Å²) in [4.78, 5) is 15.8. The Morgan fingerprint density at radius 3 is 2.56 bits per heavy atom. The Hall–Kier alpha value is -0.740. The lowest BCUT2D eigenvalue weighted by molar-refractivity contribution is -0.131. The number of aromatic nitrogens is 1. The van der Waals surface area contributed by atoms with Crippen molar-refractivity contribution in [3.05, 3.63) is 28.5 Å². The first-order chi connectivity index (χ1) is 7.30. The molecule has 1 rings (SSSR count). The Labute approximate surface area is 104 Å². The lowest BCUT2D eigenvalue weighted by Crippen LogP contribution is -2.35. The first-order valence-electron chi connectivity index (χ1n) is 5.12. The molecule has 1 unspecified atom stereocenters. The lowest BCUT2D eigenvalue weighted by Gasteiger charge is -2.24. The minimum atomic E-state index is -0.946. The standard InChI is InChI=1S/C12H16BrNO2/c1-12(2,3)11(16)10(15)6-9-5-4-8(13)7-14-9/h4-5,7,11,16H,6H2,1-3H3. The molecule has 0 aliphatic carbocycles. The maximum absolute atomic E-state index is 11.7. The van der Waals surface area contributed by atoms with E-state index in [0.29, 0.717) is 5.69 Å². The molecule has 88 valence electrons. The highest BCUT2D eigenvalue weighted by atomic mass is 79.9. The van der Waals surface area contributed by atoms with Gasteiger partial charge in [0.25, 0.3) is 0 Å². The highest BCUT2D eigenvalue weighted by Gasteiger charge is 2.28. The smallest absolute Gasteiger partial charge is 0.167 e. The molecule has 1 N–H and O–H groups in total. The number of nitrogens with zero attached hydrogens (tertiary/aromatic N) is 1. The van der Waals surface area contributed by atoms with Gasteiger partial charge in [-0.05, 0) is 33.5 Å². The van der Waals surface area contributed by atoms with Crippen molar-refractivity contribution in [2.45, 2.75) is 33.3 Å². The average Bonchev–Trinajstić information content (AvgIpc) is 2.19. The highest BCUT2D eigenvalue weighted by Crippen LogP contribution is 2.20. The Kier molecular flexibility index (Phi) is 4.21. The van der Waals surface area contributed by atoms with Gasteiger partial charge < -0.3 is 5.11 Å². The third-order valence-corrected chi connectivity index (χ3v) is 2.74. The molecule has 0 aromatic carbocycles. The molecular formula is C12H16BrNO2. The Balaban J connectivity index is 2.68. The van der Waals surface area contributed by atoms with E-state index < -0.39 is 11.5 Å². The lowest BCUT2D eigenvalue weighted by atomic mass is 9.85. The number of aliphatic hydroxyl groups is 1. The Bertz CT molecular complexity index is 368. The zero-order chi connectivity index (χ0) is 12.3. The fraction of sp³-hybridized carbons (Fsp3) is 0.500. The number of carbonyl (C=O) groups excluding carboxylic acids is 1. The predicted octanol–water partition coefficient (Wildman–Crippen LogP) is 2.36. The summed E-state index contributed by atoms with van der Waals surface area (Å²) in [5.74, 6) is -0.192. The quantitative estimate of drug-likeness (QED) is 0.928. The third-order valence-electron chi connectivity index (χ3n) is 2.27. The van der Waals surface area contributed by atoms with Crippen molar-refractivity contribution in [2.24, 2.45) is 5.41 Å². The van der Waals surface area contributed by atoms with Gasteiger partial charge in [-0.15, -0.1) is 0 Å². The van der Waals surface area contributed by atoms with Gasteiger partial charge in [0, 0.05) is 16.4 Å². The van der Waals surface area contributed by atoms with Gasteiger partial charge in [0.05, 0.1) is 6.42 Å². The topological polar surface area (TPSA) is 50.2 Å². The Morgan fingerprint density at radius 2 is 2.12 bits per heavy atom. The van der Waals surface area contributed by atoms with Gasteiger partial charge in [0.15, 0.2) is 5.78 Å². The molecule has 16 heavy (non-hydrogen) atoms. The van der Waals surface area contributed by atoms with E-state index in [-0.39, 0.29) is 12.2 Å². The zero-order valence-corrected chi connectivity index (χ0v) is 11.3. The summed E-state index contributed by atoms with van der Waals surface area (Å²) in [5.41, 5.74) is 0.253. The second-order valence-corrected chi connectivity index (χ2v) is 5.80. The van der Waals surface area contributed by atoms with Crippen LogP contribution >= 0.6 is 15.9 Å². The molecule has 1 aromatic heterocycles. The van der Waals surface area contributed by atoms with Gasteiger partial charge >= 0.3 is 0 Å². The third kappa shape index (κ3) is 3.68. The molecule has 1 atom stereocenters. The minimum Gasteiger partial charge on any atom is -0.385 e. The van der Waals surface area contributed by atoms with Gasteiger partial charge in [0.1, 0.15) is 6.10 Å². The van der Waals surface area contributed by atoms with E-state index in [1.807, 2.05) is 26.8 Å². The van der Waals surface area contributed by atoms with Gasteiger partial charge in [-0.25, -0.2) is 0 Å².